The minimum atomic E-state index is -1.80. The Morgan fingerprint density at radius 1 is 1.30 bits per heavy atom. The maximum atomic E-state index is 10.2. The van der Waals surface area contributed by atoms with Crippen molar-refractivity contribution in [3.63, 3.8) is 0 Å². The van der Waals surface area contributed by atoms with Gasteiger partial charge in [-0.1, -0.05) is 18.2 Å². The molecule has 10 heavy (non-hydrogen) atoms. The maximum Gasteiger partial charge on any atom is 0.221 e. The third-order valence-corrected chi connectivity index (χ3v) is 2.52. The van der Waals surface area contributed by atoms with Crippen molar-refractivity contribution in [2.24, 2.45) is 0 Å². The zero-order valence-electron chi connectivity index (χ0n) is 5.06. The molecular weight excluding hydrogens is 168 g/mol. The van der Waals surface area contributed by atoms with Crippen LogP contribution in [0.25, 0.3) is 0 Å². The number of hydrogen-bond donors (Lipinski definition) is 1. The number of hydrogen-bond acceptors (Lipinski definition) is 2. The largest absolute Gasteiger partial charge is 0.297 e. The van der Waals surface area contributed by atoms with Crippen LogP contribution in [0.4, 0.5) is 0 Å². The average molecular weight is 174 g/mol. The van der Waals surface area contributed by atoms with E-state index in [1.165, 1.54) is 0 Å². The molecule has 0 saturated heterocycles. The van der Waals surface area contributed by atoms with Gasteiger partial charge in [0, 0.05) is 15.7 Å². The lowest BCUT2D eigenvalue weighted by Crippen LogP contribution is -1.76. The predicted octanol–water partition coefficient (Wildman–Crippen LogP) is 1.92. The van der Waals surface area contributed by atoms with E-state index in [2.05, 4.69) is 0 Å². The van der Waals surface area contributed by atoms with E-state index in [9.17, 15) is 4.21 Å². The summed E-state index contributed by atoms with van der Waals surface area (Å²) in [6.07, 6.45) is 0. The molecule has 54 valence electrons. The second-order valence-corrected chi connectivity index (χ2v) is 4.04. The van der Waals surface area contributed by atoms with Crippen molar-refractivity contribution in [3.8, 4) is 0 Å². The van der Waals surface area contributed by atoms with Crippen LogP contribution < -0.4 is 0 Å². The smallest absolute Gasteiger partial charge is 0.221 e. The third-order valence-electron chi connectivity index (χ3n) is 0.911. The molecule has 0 heterocycles. The Kier molecular flexibility index (Phi) is 2.92. The van der Waals surface area contributed by atoms with Crippen LogP contribution in [0, 0.1) is 0 Å². The molecule has 1 N–H and O–H groups in total. The highest BCUT2D eigenvalue weighted by molar-refractivity contribution is 8.67. The SMILES string of the molecule is O=S(O)Sc1ccccc1. The second kappa shape index (κ2) is 3.75. The zero-order valence-corrected chi connectivity index (χ0v) is 6.69. The van der Waals surface area contributed by atoms with Gasteiger partial charge in [-0.3, -0.25) is 4.55 Å². The Morgan fingerprint density at radius 3 is 2.40 bits per heavy atom. The van der Waals surface area contributed by atoms with Gasteiger partial charge in [-0.25, -0.2) is 4.21 Å². The van der Waals surface area contributed by atoms with Crippen LogP contribution in [0.15, 0.2) is 35.2 Å². The molecule has 1 aromatic carbocycles. The molecular formula is C6H6O2S2. The Hall–Kier alpha value is -0.320. The van der Waals surface area contributed by atoms with Crippen molar-refractivity contribution in [2.45, 2.75) is 4.90 Å². The van der Waals surface area contributed by atoms with Gasteiger partial charge in [-0.2, -0.15) is 0 Å². The molecule has 2 nitrogen and oxygen atoms in total. The van der Waals surface area contributed by atoms with Crippen molar-refractivity contribution in [2.75, 3.05) is 0 Å². The summed E-state index contributed by atoms with van der Waals surface area (Å²) in [5.74, 6) is 0. The summed E-state index contributed by atoms with van der Waals surface area (Å²) < 4.78 is 18.7. The van der Waals surface area contributed by atoms with Gasteiger partial charge in [0.25, 0.3) is 0 Å². The van der Waals surface area contributed by atoms with E-state index in [0.717, 1.165) is 15.7 Å². The fraction of sp³-hybridized carbons (Fsp3) is 0. The summed E-state index contributed by atoms with van der Waals surface area (Å²) >= 11 is 0. The first-order valence-electron chi connectivity index (χ1n) is 2.63. The first kappa shape index (κ1) is 7.78. The van der Waals surface area contributed by atoms with Gasteiger partial charge in [0.1, 0.15) is 0 Å². The van der Waals surface area contributed by atoms with Crippen LogP contribution in [-0.2, 0) is 10.1 Å². The topological polar surface area (TPSA) is 37.3 Å². The summed E-state index contributed by atoms with van der Waals surface area (Å²) in [6.45, 7) is 0. The van der Waals surface area contributed by atoms with Crippen molar-refractivity contribution in [3.05, 3.63) is 30.3 Å². The van der Waals surface area contributed by atoms with Crippen LogP contribution >= 0.6 is 10.8 Å². The highest BCUT2D eigenvalue weighted by Gasteiger charge is 1.95. The maximum absolute atomic E-state index is 10.2. The number of rotatable bonds is 2. The third kappa shape index (κ3) is 2.51. The molecule has 1 aromatic rings. The van der Waals surface area contributed by atoms with Gasteiger partial charge >= 0.3 is 0 Å². The molecule has 0 aliphatic heterocycles. The average Bonchev–Trinajstić information content (AvgIpc) is 1.88. The van der Waals surface area contributed by atoms with Crippen molar-refractivity contribution >= 4 is 20.9 Å². The molecule has 0 radical (unpaired) electrons. The summed E-state index contributed by atoms with van der Waals surface area (Å²) in [4.78, 5) is 0.809. The zero-order chi connectivity index (χ0) is 7.40. The monoisotopic (exact) mass is 174 g/mol. The normalized spacial score (nSPS) is 12.9. The summed E-state index contributed by atoms with van der Waals surface area (Å²) in [5, 5.41) is 0. The van der Waals surface area contributed by atoms with E-state index in [-0.39, 0.29) is 0 Å². The van der Waals surface area contributed by atoms with Crippen LogP contribution in [-0.4, -0.2) is 8.76 Å². The minimum absolute atomic E-state index is 0.809. The Labute approximate surface area is 65.3 Å². The van der Waals surface area contributed by atoms with Crippen molar-refractivity contribution in [1.29, 1.82) is 0 Å². The quantitative estimate of drug-likeness (QED) is 0.549. The van der Waals surface area contributed by atoms with Gasteiger partial charge in [0.05, 0.1) is 0 Å². The molecule has 0 aliphatic carbocycles. The number of benzene rings is 1. The summed E-state index contributed by atoms with van der Waals surface area (Å²) in [6, 6.07) is 9.10. The van der Waals surface area contributed by atoms with E-state index in [0.29, 0.717) is 0 Å². The first-order chi connectivity index (χ1) is 4.79. The Morgan fingerprint density at radius 2 is 1.90 bits per heavy atom. The molecule has 0 fully saturated rings. The molecule has 4 heteroatoms. The first-order valence-corrected chi connectivity index (χ1v) is 5.07. The van der Waals surface area contributed by atoms with E-state index in [4.69, 9.17) is 4.55 Å². The molecule has 0 amide bonds. The van der Waals surface area contributed by atoms with E-state index in [1.807, 2.05) is 18.2 Å². The van der Waals surface area contributed by atoms with Crippen molar-refractivity contribution in [1.82, 2.24) is 0 Å². The molecule has 0 aromatic heterocycles. The minimum Gasteiger partial charge on any atom is -0.297 e. The standard InChI is InChI=1S/C6H6O2S2/c7-10(8)9-6-4-2-1-3-5-6/h1-5H,(H,7,8). The summed E-state index contributed by atoms with van der Waals surface area (Å²) in [5.41, 5.74) is 0. The van der Waals surface area contributed by atoms with Gasteiger partial charge in [0.2, 0.25) is 10.1 Å². The van der Waals surface area contributed by atoms with Gasteiger partial charge in [-0.15, -0.1) is 0 Å². The highest BCUT2D eigenvalue weighted by atomic mass is 33.1. The lowest BCUT2D eigenvalue weighted by Gasteiger charge is -1.92. The van der Waals surface area contributed by atoms with E-state index in [1.54, 1.807) is 12.1 Å². The van der Waals surface area contributed by atoms with Crippen LogP contribution in [0.1, 0.15) is 0 Å². The Balaban J connectivity index is 2.67. The summed E-state index contributed by atoms with van der Waals surface area (Å²) in [7, 11) is -0.874. The fourth-order valence-corrected chi connectivity index (χ4v) is 1.82. The molecule has 0 bridgehead atoms. The van der Waals surface area contributed by atoms with Crippen molar-refractivity contribution < 1.29 is 8.76 Å². The molecule has 0 saturated carbocycles. The van der Waals surface area contributed by atoms with Crippen LogP contribution in [0.2, 0.25) is 0 Å². The van der Waals surface area contributed by atoms with Gasteiger partial charge < -0.3 is 0 Å². The van der Waals surface area contributed by atoms with Gasteiger partial charge in [-0.05, 0) is 12.1 Å². The predicted molar refractivity (Wildman–Crippen MR) is 43.1 cm³/mol. The molecule has 1 rings (SSSR count). The second-order valence-electron chi connectivity index (χ2n) is 1.61. The highest BCUT2D eigenvalue weighted by Crippen LogP contribution is 2.18. The van der Waals surface area contributed by atoms with Gasteiger partial charge in [0.15, 0.2) is 0 Å². The molecule has 0 spiro atoms. The van der Waals surface area contributed by atoms with E-state index < -0.39 is 10.1 Å². The molecule has 1 unspecified atom stereocenters. The van der Waals surface area contributed by atoms with Crippen LogP contribution in [0.3, 0.4) is 0 Å². The lowest BCUT2D eigenvalue weighted by atomic mass is 10.4. The van der Waals surface area contributed by atoms with Crippen LogP contribution in [0.5, 0.6) is 0 Å². The molecule has 0 aliphatic rings. The fourth-order valence-electron chi connectivity index (χ4n) is 0.558. The molecule has 1 atom stereocenters. The lowest BCUT2D eigenvalue weighted by molar-refractivity contribution is 0.581. The van der Waals surface area contributed by atoms with E-state index >= 15 is 0 Å². The Bertz CT molecular complexity index is 222.